The smallest absolute Gasteiger partial charge is 0.244 e. The van der Waals surface area contributed by atoms with Crippen LogP contribution in [0.1, 0.15) is 37.3 Å². The van der Waals surface area contributed by atoms with Gasteiger partial charge in [-0.2, -0.15) is 5.10 Å². The molecule has 2 saturated heterocycles. The number of piperidine rings is 2. The molecule has 0 unspecified atom stereocenters. The van der Waals surface area contributed by atoms with E-state index in [-0.39, 0.29) is 5.91 Å². The number of carbonyl (C=O) groups excluding carboxylic acids is 1. The lowest BCUT2D eigenvalue weighted by Gasteiger charge is -2.31. The van der Waals surface area contributed by atoms with Crippen LogP contribution in [-0.2, 0) is 16.1 Å². The van der Waals surface area contributed by atoms with Gasteiger partial charge in [-0.05, 0) is 38.3 Å². The molecule has 0 aromatic carbocycles. The summed E-state index contributed by atoms with van der Waals surface area (Å²) in [5.41, 5.74) is 1.19. The van der Waals surface area contributed by atoms with Crippen molar-refractivity contribution in [1.82, 2.24) is 20.0 Å². The molecule has 0 aliphatic carbocycles. The van der Waals surface area contributed by atoms with Gasteiger partial charge in [0.2, 0.25) is 5.91 Å². The molecule has 1 aromatic rings. The summed E-state index contributed by atoms with van der Waals surface area (Å²) in [6.07, 6.45) is 6.34. The largest absolute Gasteiger partial charge is 0.381 e. The first kappa shape index (κ1) is 15.5. The van der Waals surface area contributed by atoms with E-state index >= 15 is 0 Å². The molecular formula is C16H26N4O2. The number of methoxy groups -OCH3 is 1. The Morgan fingerprint density at radius 2 is 2.23 bits per heavy atom. The minimum absolute atomic E-state index is 0.170. The molecule has 0 spiro atoms. The standard InChI is InChI=1S/C16H26N4O2/c1-22-14-5-9-19(10-6-14)16(21)12-20-15(4-8-18-20)13-3-2-7-17-11-13/h4,8,13-14,17H,2-3,5-7,9-12H2,1H3/t13-/m1/s1. The molecule has 0 saturated carbocycles. The van der Waals surface area contributed by atoms with Crippen LogP contribution in [-0.4, -0.2) is 60.0 Å². The van der Waals surface area contributed by atoms with Gasteiger partial charge in [0.15, 0.2) is 0 Å². The molecule has 1 aromatic heterocycles. The number of nitrogens with zero attached hydrogens (tertiary/aromatic N) is 3. The molecular weight excluding hydrogens is 280 g/mol. The third-order valence-electron chi connectivity index (χ3n) is 4.88. The second kappa shape index (κ2) is 7.24. The van der Waals surface area contributed by atoms with Crippen LogP contribution in [0, 0.1) is 0 Å². The van der Waals surface area contributed by atoms with Gasteiger partial charge in [-0.25, -0.2) is 0 Å². The molecule has 1 amide bonds. The Labute approximate surface area is 131 Å². The van der Waals surface area contributed by atoms with E-state index in [0.717, 1.165) is 39.0 Å². The minimum atomic E-state index is 0.170. The normalized spacial score (nSPS) is 23.7. The molecule has 6 nitrogen and oxygen atoms in total. The predicted octanol–water partition coefficient (Wildman–Crippen LogP) is 0.987. The highest BCUT2D eigenvalue weighted by Crippen LogP contribution is 2.23. The SMILES string of the molecule is COC1CCN(C(=O)Cn2nccc2[C@@H]2CCCNC2)CC1. The lowest BCUT2D eigenvalue weighted by atomic mass is 9.96. The number of ether oxygens (including phenoxy) is 1. The summed E-state index contributed by atoms with van der Waals surface area (Å²) >= 11 is 0. The molecule has 2 fully saturated rings. The quantitative estimate of drug-likeness (QED) is 0.901. The van der Waals surface area contributed by atoms with Gasteiger partial charge in [0.05, 0.1) is 6.10 Å². The Balaban J connectivity index is 1.59. The van der Waals surface area contributed by atoms with Crippen molar-refractivity contribution < 1.29 is 9.53 Å². The maximum Gasteiger partial charge on any atom is 0.244 e. The topological polar surface area (TPSA) is 59.4 Å². The summed E-state index contributed by atoms with van der Waals surface area (Å²) in [4.78, 5) is 14.4. The zero-order valence-corrected chi connectivity index (χ0v) is 13.3. The van der Waals surface area contributed by atoms with Crippen molar-refractivity contribution in [2.75, 3.05) is 33.3 Å². The number of likely N-dealkylation sites (tertiary alicyclic amines) is 1. The van der Waals surface area contributed by atoms with E-state index in [1.165, 1.54) is 18.5 Å². The van der Waals surface area contributed by atoms with Gasteiger partial charge in [0.1, 0.15) is 6.54 Å². The third kappa shape index (κ3) is 3.50. The average molecular weight is 306 g/mol. The Morgan fingerprint density at radius 1 is 1.41 bits per heavy atom. The number of hydrogen-bond acceptors (Lipinski definition) is 4. The molecule has 2 aliphatic rings. The first-order valence-corrected chi connectivity index (χ1v) is 8.31. The van der Waals surface area contributed by atoms with Crippen molar-refractivity contribution in [1.29, 1.82) is 0 Å². The number of amides is 1. The molecule has 0 radical (unpaired) electrons. The van der Waals surface area contributed by atoms with E-state index in [4.69, 9.17) is 4.74 Å². The van der Waals surface area contributed by atoms with Gasteiger partial charge < -0.3 is 15.0 Å². The van der Waals surface area contributed by atoms with Crippen molar-refractivity contribution in [3.05, 3.63) is 18.0 Å². The molecule has 1 N–H and O–H groups in total. The second-order valence-electron chi connectivity index (χ2n) is 6.27. The van der Waals surface area contributed by atoms with Crippen molar-refractivity contribution in [2.45, 2.75) is 44.2 Å². The number of nitrogens with one attached hydrogen (secondary N) is 1. The Hall–Kier alpha value is -1.40. The first-order valence-electron chi connectivity index (χ1n) is 8.31. The fraction of sp³-hybridized carbons (Fsp3) is 0.750. The molecule has 6 heteroatoms. The first-order chi connectivity index (χ1) is 10.8. The van der Waals surface area contributed by atoms with Crippen LogP contribution in [0.15, 0.2) is 12.3 Å². The lowest BCUT2D eigenvalue weighted by molar-refractivity contribution is -0.134. The highest BCUT2D eigenvalue weighted by atomic mass is 16.5. The molecule has 2 aliphatic heterocycles. The summed E-state index contributed by atoms with van der Waals surface area (Å²) in [6, 6.07) is 2.06. The lowest BCUT2D eigenvalue weighted by Crippen LogP contribution is -2.42. The van der Waals surface area contributed by atoms with Crippen molar-refractivity contribution in [2.24, 2.45) is 0 Å². The Bertz CT molecular complexity index is 488. The van der Waals surface area contributed by atoms with E-state index in [1.807, 2.05) is 15.8 Å². The maximum atomic E-state index is 12.5. The van der Waals surface area contributed by atoms with E-state index in [9.17, 15) is 4.79 Å². The monoisotopic (exact) mass is 306 g/mol. The van der Waals surface area contributed by atoms with Crippen molar-refractivity contribution in [3.8, 4) is 0 Å². The molecule has 122 valence electrons. The van der Waals surface area contributed by atoms with Gasteiger partial charge in [0, 0.05) is 44.6 Å². The number of aromatic nitrogens is 2. The Kier molecular flexibility index (Phi) is 5.10. The molecule has 22 heavy (non-hydrogen) atoms. The molecule has 1 atom stereocenters. The summed E-state index contributed by atoms with van der Waals surface area (Å²) in [6.45, 7) is 4.02. The summed E-state index contributed by atoms with van der Waals surface area (Å²) in [5, 5.41) is 7.80. The van der Waals surface area contributed by atoms with Crippen LogP contribution < -0.4 is 5.32 Å². The number of hydrogen-bond donors (Lipinski definition) is 1. The average Bonchev–Trinajstić information content (AvgIpc) is 3.04. The maximum absolute atomic E-state index is 12.5. The van der Waals surface area contributed by atoms with Gasteiger partial charge in [0.25, 0.3) is 0 Å². The Morgan fingerprint density at radius 3 is 2.91 bits per heavy atom. The van der Waals surface area contributed by atoms with Gasteiger partial charge >= 0.3 is 0 Å². The second-order valence-corrected chi connectivity index (χ2v) is 6.27. The number of carbonyl (C=O) groups is 1. The van der Waals surface area contributed by atoms with E-state index < -0.39 is 0 Å². The van der Waals surface area contributed by atoms with E-state index in [0.29, 0.717) is 18.6 Å². The van der Waals surface area contributed by atoms with Crippen LogP contribution in [0.3, 0.4) is 0 Å². The fourth-order valence-electron chi connectivity index (χ4n) is 3.50. The van der Waals surface area contributed by atoms with E-state index in [1.54, 1.807) is 7.11 Å². The van der Waals surface area contributed by atoms with Crippen LogP contribution >= 0.6 is 0 Å². The van der Waals surface area contributed by atoms with Gasteiger partial charge in [-0.3, -0.25) is 9.48 Å². The molecule has 3 heterocycles. The van der Waals surface area contributed by atoms with Crippen LogP contribution in [0.2, 0.25) is 0 Å². The molecule has 3 rings (SSSR count). The summed E-state index contributed by atoms with van der Waals surface area (Å²) in [5.74, 6) is 0.645. The predicted molar refractivity (Wildman–Crippen MR) is 83.7 cm³/mol. The fourth-order valence-corrected chi connectivity index (χ4v) is 3.50. The summed E-state index contributed by atoms with van der Waals surface area (Å²) in [7, 11) is 1.75. The highest BCUT2D eigenvalue weighted by molar-refractivity contribution is 5.76. The van der Waals surface area contributed by atoms with Crippen LogP contribution in [0.25, 0.3) is 0 Å². The summed E-state index contributed by atoms with van der Waals surface area (Å²) < 4.78 is 7.25. The van der Waals surface area contributed by atoms with Gasteiger partial charge in [-0.15, -0.1) is 0 Å². The van der Waals surface area contributed by atoms with Crippen LogP contribution in [0.5, 0.6) is 0 Å². The molecule has 0 bridgehead atoms. The van der Waals surface area contributed by atoms with E-state index in [2.05, 4.69) is 16.5 Å². The van der Waals surface area contributed by atoms with Crippen molar-refractivity contribution in [3.63, 3.8) is 0 Å². The minimum Gasteiger partial charge on any atom is -0.381 e. The number of rotatable bonds is 4. The van der Waals surface area contributed by atoms with Crippen molar-refractivity contribution >= 4 is 5.91 Å². The van der Waals surface area contributed by atoms with Crippen LogP contribution in [0.4, 0.5) is 0 Å². The zero-order chi connectivity index (χ0) is 15.4. The zero-order valence-electron chi connectivity index (χ0n) is 13.3. The third-order valence-corrected chi connectivity index (χ3v) is 4.88. The highest BCUT2D eigenvalue weighted by Gasteiger charge is 2.24. The van der Waals surface area contributed by atoms with Gasteiger partial charge in [-0.1, -0.05) is 0 Å².